The molecule has 3 atom stereocenters. The molecule has 0 radical (unpaired) electrons. The van der Waals surface area contributed by atoms with Crippen LogP contribution in [0.5, 0.6) is 5.75 Å². The summed E-state index contributed by atoms with van der Waals surface area (Å²) in [7, 11) is 0. The van der Waals surface area contributed by atoms with Crippen molar-refractivity contribution in [2.24, 2.45) is 11.3 Å². The summed E-state index contributed by atoms with van der Waals surface area (Å²) in [6.45, 7) is 2.34. The Balaban J connectivity index is 1.53. The highest BCUT2D eigenvalue weighted by atomic mass is 19.1. The minimum absolute atomic E-state index is 0.00869. The van der Waals surface area contributed by atoms with Gasteiger partial charge in [-0.2, -0.15) is 0 Å². The molecule has 1 saturated carbocycles. The van der Waals surface area contributed by atoms with Gasteiger partial charge in [0.15, 0.2) is 11.6 Å². The maximum atomic E-state index is 13.5. The molecule has 1 aliphatic carbocycles. The Morgan fingerprint density at radius 3 is 2.88 bits per heavy atom. The number of carbonyl (C=O) groups is 2. The lowest BCUT2D eigenvalue weighted by Crippen LogP contribution is -2.46. The number of benzene rings is 1. The number of urea groups is 1. The molecule has 1 heterocycles. The lowest BCUT2D eigenvalue weighted by Gasteiger charge is -2.24. The van der Waals surface area contributed by atoms with Crippen LogP contribution in [0.25, 0.3) is 0 Å². The molecule has 1 aliphatic heterocycles. The quantitative estimate of drug-likeness (QED) is 0.837. The molecule has 1 aromatic carbocycles. The van der Waals surface area contributed by atoms with E-state index in [1.165, 1.54) is 11.0 Å². The van der Waals surface area contributed by atoms with Gasteiger partial charge in [0.25, 0.3) is 0 Å². The van der Waals surface area contributed by atoms with Gasteiger partial charge >= 0.3 is 12.0 Å². The summed E-state index contributed by atoms with van der Waals surface area (Å²) in [5.74, 6) is -2.43. The number of hydrogen-bond donors (Lipinski definition) is 2. The third-order valence-corrected chi connectivity index (χ3v) is 5.34. The molecule has 3 rings (SSSR count). The Morgan fingerprint density at radius 1 is 1.46 bits per heavy atom. The van der Waals surface area contributed by atoms with Crippen LogP contribution in [0.3, 0.4) is 0 Å². The third-order valence-electron chi connectivity index (χ3n) is 5.34. The van der Waals surface area contributed by atoms with Crippen molar-refractivity contribution < 1.29 is 28.2 Å². The van der Waals surface area contributed by atoms with Gasteiger partial charge < -0.3 is 20.1 Å². The third kappa shape index (κ3) is 3.45. The van der Waals surface area contributed by atoms with Gasteiger partial charge in [0, 0.05) is 19.2 Å². The predicted octanol–water partition coefficient (Wildman–Crippen LogP) is 2.63. The minimum Gasteiger partial charge on any atom is -0.488 e. The van der Waals surface area contributed by atoms with Gasteiger partial charge in [-0.3, -0.25) is 4.79 Å². The van der Waals surface area contributed by atoms with Gasteiger partial charge in [-0.05, 0) is 37.8 Å². The van der Waals surface area contributed by atoms with Crippen molar-refractivity contribution in [2.75, 3.05) is 19.7 Å². The molecule has 2 N–H and O–H groups in total. The SMILES string of the molecule is CC(COc1ccc(F)cc1F)NC(=O)N1C[C@@H]2CCC[C@@]2(C(=O)O)C1. The number of amides is 2. The van der Waals surface area contributed by atoms with Gasteiger partial charge in [-0.1, -0.05) is 6.42 Å². The number of likely N-dealkylation sites (tertiary alicyclic amines) is 1. The molecule has 2 aliphatic rings. The summed E-state index contributed by atoms with van der Waals surface area (Å²) in [6.07, 6.45) is 2.29. The van der Waals surface area contributed by atoms with E-state index in [9.17, 15) is 23.5 Å². The number of carboxylic acid groups (broad SMARTS) is 1. The molecule has 2 fully saturated rings. The first-order valence-corrected chi connectivity index (χ1v) is 8.68. The second-order valence-corrected chi connectivity index (χ2v) is 7.17. The van der Waals surface area contributed by atoms with Crippen LogP contribution in [-0.4, -0.2) is 47.7 Å². The normalized spacial score (nSPS) is 25.7. The average molecular weight is 368 g/mol. The van der Waals surface area contributed by atoms with Crippen LogP contribution >= 0.6 is 0 Å². The van der Waals surface area contributed by atoms with Gasteiger partial charge in [-0.25, -0.2) is 13.6 Å². The van der Waals surface area contributed by atoms with Crippen LogP contribution in [0.15, 0.2) is 18.2 Å². The van der Waals surface area contributed by atoms with E-state index >= 15 is 0 Å². The van der Waals surface area contributed by atoms with E-state index in [-0.39, 0.29) is 30.9 Å². The van der Waals surface area contributed by atoms with Crippen molar-refractivity contribution in [1.82, 2.24) is 10.2 Å². The fourth-order valence-corrected chi connectivity index (χ4v) is 3.94. The molecule has 8 heteroatoms. The topological polar surface area (TPSA) is 78.9 Å². The highest BCUT2D eigenvalue weighted by Crippen LogP contribution is 2.48. The van der Waals surface area contributed by atoms with Crippen LogP contribution < -0.4 is 10.1 Å². The Kier molecular flexibility index (Phi) is 5.02. The fraction of sp³-hybridized carbons (Fsp3) is 0.556. The van der Waals surface area contributed by atoms with Gasteiger partial charge in [0.2, 0.25) is 0 Å². The Hall–Kier alpha value is -2.38. The van der Waals surface area contributed by atoms with Crippen LogP contribution in [-0.2, 0) is 4.79 Å². The molecular weight excluding hydrogens is 346 g/mol. The fourth-order valence-electron chi connectivity index (χ4n) is 3.94. The Bertz CT molecular complexity index is 714. The predicted molar refractivity (Wildman–Crippen MR) is 88.8 cm³/mol. The van der Waals surface area contributed by atoms with E-state index in [0.29, 0.717) is 13.0 Å². The molecule has 1 saturated heterocycles. The Morgan fingerprint density at radius 2 is 2.23 bits per heavy atom. The van der Waals surface area contributed by atoms with Crippen LogP contribution in [0.1, 0.15) is 26.2 Å². The van der Waals surface area contributed by atoms with Crippen molar-refractivity contribution in [3.63, 3.8) is 0 Å². The van der Waals surface area contributed by atoms with Crippen molar-refractivity contribution in [2.45, 2.75) is 32.2 Å². The zero-order valence-electron chi connectivity index (χ0n) is 14.5. The molecule has 6 nitrogen and oxygen atoms in total. The highest BCUT2D eigenvalue weighted by molar-refractivity contribution is 5.80. The van der Waals surface area contributed by atoms with E-state index in [1.807, 2.05) is 0 Å². The van der Waals surface area contributed by atoms with Gasteiger partial charge in [-0.15, -0.1) is 0 Å². The van der Waals surface area contributed by atoms with Gasteiger partial charge in [0.1, 0.15) is 12.4 Å². The van der Waals surface area contributed by atoms with Crippen molar-refractivity contribution >= 4 is 12.0 Å². The highest BCUT2D eigenvalue weighted by Gasteiger charge is 2.55. The number of halogens is 2. The molecule has 26 heavy (non-hydrogen) atoms. The summed E-state index contributed by atoms with van der Waals surface area (Å²) in [5.41, 5.74) is -0.825. The molecule has 0 aromatic heterocycles. The zero-order valence-corrected chi connectivity index (χ0v) is 14.5. The number of carboxylic acids is 1. The molecule has 1 unspecified atom stereocenters. The number of fused-ring (bicyclic) bond motifs is 1. The first kappa shape index (κ1) is 18.4. The zero-order chi connectivity index (χ0) is 18.9. The maximum Gasteiger partial charge on any atom is 0.317 e. The monoisotopic (exact) mass is 368 g/mol. The number of nitrogens with one attached hydrogen (secondary N) is 1. The van der Waals surface area contributed by atoms with E-state index in [1.54, 1.807) is 6.92 Å². The molecular formula is C18H22F2N2O4. The molecule has 0 bridgehead atoms. The molecule has 1 aromatic rings. The van der Waals surface area contributed by atoms with Crippen LogP contribution in [0.4, 0.5) is 13.6 Å². The second-order valence-electron chi connectivity index (χ2n) is 7.17. The number of carbonyl (C=O) groups excluding carboxylic acids is 1. The van der Waals surface area contributed by atoms with Crippen LogP contribution in [0, 0.1) is 23.0 Å². The number of rotatable bonds is 5. The summed E-state index contributed by atoms with van der Waals surface area (Å²) in [5, 5.41) is 12.3. The number of hydrogen-bond acceptors (Lipinski definition) is 3. The number of ether oxygens (including phenoxy) is 1. The molecule has 142 valence electrons. The standard InChI is InChI=1S/C18H22F2N2O4/c1-11(9-26-15-5-4-13(19)7-14(15)20)21-17(25)22-8-12-3-2-6-18(12,10-22)16(23)24/h4-5,7,11-12H,2-3,6,8-10H2,1H3,(H,21,25)(H,23,24)/t11?,12-,18+/m0/s1. The smallest absolute Gasteiger partial charge is 0.317 e. The maximum absolute atomic E-state index is 13.5. The van der Waals surface area contributed by atoms with E-state index in [2.05, 4.69) is 5.32 Å². The summed E-state index contributed by atoms with van der Waals surface area (Å²) in [6, 6.07) is 2.24. The molecule has 0 spiro atoms. The van der Waals surface area contributed by atoms with Crippen molar-refractivity contribution in [1.29, 1.82) is 0 Å². The van der Waals surface area contributed by atoms with Gasteiger partial charge in [0.05, 0.1) is 11.5 Å². The van der Waals surface area contributed by atoms with Crippen molar-refractivity contribution in [3.8, 4) is 5.75 Å². The van der Waals surface area contributed by atoms with Crippen molar-refractivity contribution in [3.05, 3.63) is 29.8 Å². The lowest BCUT2D eigenvalue weighted by atomic mass is 9.81. The Labute approximate surface area is 150 Å². The number of aliphatic carboxylic acids is 1. The first-order valence-electron chi connectivity index (χ1n) is 8.68. The van der Waals surface area contributed by atoms with Crippen LogP contribution in [0.2, 0.25) is 0 Å². The first-order chi connectivity index (χ1) is 12.3. The van der Waals surface area contributed by atoms with E-state index in [0.717, 1.165) is 25.0 Å². The summed E-state index contributed by atoms with van der Waals surface area (Å²) in [4.78, 5) is 25.6. The average Bonchev–Trinajstić information content (AvgIpc) is 3.12. The second kappa shape index (κ2) is 7.09. The largest absolute Gasteiger partial charge is 0.488 e. The lowest BCUT2D eigenvalue weighted by molar-refractivity contribution is -0.149. The summed E-state index contributed by atoms with van der Waals surface area (Å²) < 4.78 is 31.7. The minimum atomic E-state index is -0.835. The van der Waals surface area contributed by atoms with E-state index in [4.69, 9.17) is 4.74 Å². The summed E-state index contributed by atoms with van der Waals surface area (Å²) >= 11 is 0. The number of nitrogens with zero attached hydrogens (tertiary/aromatic N) is 1. The van der Waals surface area contributed by atoms with E-state index < -0.39 is 29.1 Å². The molecule has 2 amide bonds.